The molecule has 4 nitrogen and oxygen atoms in total. The Bertz CT molecular complexity index is 422. The monoisotopic (exact) mass is 275 g/mol. The molecular formula is C16H25N3O. The topological polar surface area (TPSA) is 54.0 Å². The van der Waals surface area contributed by atoms with Gasteiger partial charge in [-0.25, -0.2) is 4.98 Å². The van der Waals surface area contributed by atoms with Crippen LogP contribution in [-0.4, -0.2) is 23.5 Å². The number of rotatable bonds is 6. The van der Waals surface area contributed by atoms with Crippen LogP contribution < -0.4 is 10.6 Å². The van der Waals surface area contributed by atoms with Gasteiger partial charge >= 0.3 is 0 Å². The molecular weight excluding hydrogens is 250 g/mol. The van der Waals surface area contributed by atoms with Crippen LogP contribution in [0.4, 0.5) is 5.69 Å². The predicted octanol–water partition coefficient (Wildman–Crippen LogP) is 3.21. The highest BCUT2D eigenvalue weighted by atomic mass is 16.1. The number of pyridine rings is 1. The van der Waals surface area contributed by atoms with Crippen molar-refractivity contribution in [3.63, 3.8) is 0 Å². The molecule has 20 heavy (non-hydrogen) atoms. The molecule has 1 aliphatic rings. The van der Waals surface area contributed by atoms with Crippen LogP contribution in [0, 0.1) is 5.92 Å². The molecule has 1 aromatic rings. The van der Waals surface area contributed by atoms with E-state index in [1.807, 2.05) is 6.07 Å². The van der Waals surface area contributed by atoms with Crippen molar-refractivity contribution in [2.45, 2.75) is 52.0 Å². The number of carbonyl (C=O) groups excluding carboxylic acids is 1. The molecule has 0 aromatic carbocycles. The molecule has 0 saturated heterocycles. The van der Waals surface area contributed by atoms with Gasteiger partial charge in [-0.1, -0.05) is 26.7 Å². The van der Waals surface area contributed by atoms with Crippen LogP contribution in [0.25, 0.3) is 0 Å². The van der Waals surface area contributed by atoms with E-state index in [2.05, 4.69) is 29.5 Å². The van der Waals surface area contributed by atoms with Gasteiger partial charge in [-0.3, -0.25) is 4.79 Å². The lowest BCUT2D eigenvalue weighted by Crippen LogP contribution is -2.33. The van der Waals surface area contributed by atoms with E-state index >= 15 is 0 Å². The van der Waals surface area contributed by atoms with Crippen LogP contribution in [0.3, 0.4) is 0 Å². The Hall–Kier alpha value is -1.58. The number of nitrogens with one attached hydrogen (secondary N) is 2. The van der Waals surface area contributed by atoms with Crippen molar-refractivity contribution < 1.29 is 4.79 Å². The zero-order valence-corrected chi connectivity index (χ0v) is 12.5. The smallest absolute Gasteiger partial charge is 0.270 e. The quantitative estimate of drug-likeness (QED) is 0.838. The van der Waals surface area contributed by atoms with Crippen LogP contribution in [0.5, 0.6) is 0 Å². The lowest BCUT2D eigenvalue weighted by Gasteiger charge is -2.12. The summed E-state index contributed by atoms with van der Waals surface area (Å²) in [5, 5.41) is 6.37. The van der Waals surface area contributed by atoms with Gasteiger partial charge in [-0.2, -0.15) is 0 Å². The maximum atomic E-state index is 12.0. The first-order valence-electron chi connectivity index (χ1n) is 7.66. The third kappa shape index (κ3) is 4.51. The largest absolute Gasteiger partial charge is 0.384 e. The van der Waals surface area contributed by atoms with E-state index in [4.69, 9.17) is 0 Å². The minimum atomic E-state index is -0.0503. The highest BCUT2D eigenvalue weighted by molar-refractivity contribution is 5.92. The first kappa shape index (κ1) is 14.8. The number of carbonyl (C=O) groups is 1. The first-order valence-corrected chi connectivity index (χ1v) is 7.66. The Labute approximate surface area is 121 Å². The number of hydrogen-bond donors (Lipinski definition) is 2. The summed E-state index contributed by atoms with van der Waals surface area (Å²) in [6, 6.07) is 4.06. The van der Waals surface area contributed by atoms with Crippen molar-refractivity contribution in [2.24, 2.45) is 5.92 Å². The summed E-state index contributed by atoms with van der Waals surface area (Å²) in [6.07, 6.45) is 7.50. The third-order valence-electron chi connectivity index (χ3n) is 3.74. The summed E-state index contributed by atoms with van der Waals surface area (Å²) in [5.41, 5.74) is 1.48. The van der Waals surface area contributed by atoms with Crippen molar-refractivity contribution in [1.82, 2.24) is 10.3 Å². The Kier molecular flexibility index (Phi) is 5.39. The fourth-order valence-electron chi connectivity index (χ4n) is 2.47. The van der Waals surface area contributed by atoms with E-state index in [1.54, 1.807) is 12.3 Å². The van der Waals surface area contributed by atoms with Gasteiger partial charge in [0.2, 0.25) is 0 Å². The molecule has 0 spiro atoms. The Morgan fingerprint density at radius 2 is 2.10 bits per heavy atom. The highest BCUT2D eigenvalue weighted by Crippen LogP contribution is 2.18. The van der Waals surface area contributed by atoms with Crippen LogP contribution in [0.1, 0.15) is 56.4 Å². The van der Waals surface area contributed by atoms with Crippen molar-refractivity contribution in [2.75, 3.05) is 11.9 Å². The minimum absolute atomic E-state index is 0.0503. The maximum absolute atomic E-state index is 12.0. The van der Waals surface area contributed by atoms with Gasteiger partial charge in [0.15, 0.2) is 0 Å². The van der Waals surface area contributed by atoms with Crippen LogP contribution >= 0.6 is 0 Å². The molecule has 110 valence electrons. The van der Waals surface area contributed by atoms with E-state index in [9.17, 15) is 4.79 Å². The molecule has 0 radical (unpaired) electrons. The molecule has 4 heteroatoms. The van der Waals surface area contributed by atoms with Gasteiger partial charge in [0.25, 0.3) is 5.91 Å². The van der Waals surface area contributed by atoms with Gasteiger partial charge in [-0.15, -0.1) is 0 Å². The van der Waals surface area contributed by atoms with Gasteiger partial charge in [-0.05, 0) is 37.3 Å². The van der Waals surface area contributed by atoms with E-state index in [-0.39, 0.29) is 5.91 Å². The molecule has 1 aliphatic carbocycles. The summed E-state index contributed by atoms with van der Waals surface area (Å²) >= 11 is 0. The lowest BCUT2D eigenvalue weighted by molar-refractivity contribution is 0.0933. The van der Waals surface area contributed by atoms with Crippen molar-refractivity contribution >= 4 is 11.6 Å². The molecule has 0 atom stereocenters. The molecule has 0 aliphatic heterocycles. The molecule has 2 rings (SSSR count). The van der Waals surface area contributed by atoms with E-state index in [1.165, 1.54) is 12.8 Å². The second kappa shape index (κ2) is 7.27. The van der Waals surface area contributed by atoms with Crippen LogP contribution in [0.2, 0.25) is 0 Å². The molecule has 1 saturated carbocycles. The number of amides is 1. The molecule has 0 bridgehead atoms. The van der Waals surface area contributed by atoms with Crippen LogP contribution in [-0.2, 0) is 0 Å². The van der Waals surface area contributed by atoms with E-state index in [0.717, 1.165) is 31.5 Å². The Morgan fingerprint density at radius 1 is 1.35 bits per heavy atom. The lowest BCUT2D eigenvalue weighted by atomic mass is 10.1. The minimum Gasteiger partial charge on any atom is -0.384 e. The SMILES string of the molecule is CC(C)CCNc1ccc(C(=O)NC2CCCC2)nc1. The average Bonchev–Trinajstić information content (AvgIpc) is 2.92. The third-order valence-corrected chi connectivity index (χ3v) is 3.74. The number of nitrogens with zero attached hydrogens (tertiary/aromatic N) is 1. The Morgan fingerprint density at radius 3 is 2.70 bits per heavy atom. The van der Waals surface area contributed by atoms with Gasteiger partial charge in [0.1, 0.15) is 5.69 Å². The second-order valence-electron chi connectivity index (χ2n) is 6.00. The summed E-state index contributed by atoms with van der Waals surface area (Å²) < 4.78 is 0. The fraction of sp³-hybridized carbons (Fsp3) is 0.625. The van der Waals surface area contributed by atoms with Crippen molar-refractivity contribution in [3.05, 3.63) is 24.0 Å². The van der Waals surface area contributed by atoms with Gasteiger partial charge in [0, 0.05) is 12.6 Å². The number of hydrogen-bond acceptors (Lipinski definition) is 3. The Balaban J connectivity index is 1.82. The van der Waals surface area contributed by atoms with Gasteiger partial charge < -0.3 is 10.6 Å². The standard InChI is InChI=1S/C16H25N3O/c1-12(2)9-10-17-14-7-8-15(18-11-14)16(20)19-13-5-3-4-6-13/h7-8,11-13,17H,3-6,9-10H2,1-2H3,(H,19,20). The highest BCUT2D eigenvalue weighted by Gasteiger charge is 2.18. The fourth-order valence-corrected chi connectivity index (χ4v) is 2.47. The normalized spacial score (nSPS) is 15.6. The molecule has 1 aromatic heterocycles. The van der Waals surface area contributed by atoms with E-state index < -0.39 is 0 Å². The molecule has 1 heterocycles. The van der Waals surface area contributed by atoms with Crippen LogP contribution in [0.15, 0.2) is 18.3 Å². The number of anilines is 1. The van der Waals surface area contributed by atoms with E-state index in [0.29, 0.717) is 17.7 Å². The first-order chi connectivity index (χ1) is 9.65. The summed E-state index contributed by atoms with van der Waals surface area (Å²) in [6.45, 7) is 5.35. The zero-order chi connectivity index (χ0) is 14.4. The maximum Gasteiger partial charge on any atom is 0.270 e. The predicted molar refractivity (Wildman–Crippen MR) is 81.9 cm³/mol. The summed E-state index contributed by atoms with van der Waals surface area (Å²) in [5.74, 6) is 0.637. The van der Waals surface area contributed by atoms with Crippen molar-refractivity contribution in [1.29, 1.82) is 0 Å². The summed E-state index contributed by atoms with van der Waals surface area (Å²) in [4.78, 5) is 16.3. The number of aromatic nitrogens is 1. The van der Waals surface area contributed by atoms with Crippen molar-refractivity contribution in [3.8, 4) is 0 Å². The zero-order valence-electron chi connectivity index (χ0n) is 12.5. The van der Waals surface area contributed by atoms with Gasteiger partial charge in [0.05, 0.1) is 11.9 Å². The molecule has 2 N–H and O–H groups in total. The summed E-state index contributed by atoms with van der Waals surface area (Å²) in [7, 11) is 0. The molecule has 1 amide bonds. The average molecular weight is 275 g/mol. The molecule has 0 unspecified atom stereocenters. The second-order valence-corrected chi connectivity index (χ2v) is 6.00. The molecule has 1 fully saturated rings.